The Labute approximate surface area is 60.2 Å². The van der Waals surface area contributed by atoms with E-state index < -0.39 is 0 Å². The Bertz CT molecular complexity index is 125. The number of hydrogen-bond donors (Lipinski definition) is 1. The predicted molar refractivity (Wildman–Crippen MR) is 37.4 cm³/mol. The standard InChI is InChI=1S/C6H12N2O2/c1-3-8(2)4-6(10)7-5-9/h5H,3-4H2,1-2H3,(H,7,9,10). The molecule has 0 unspecified atom stereocenters. The Hall–Kier alpha value is -0.900. The lowest BCUT2D eigenvalue weighted by Crippen LogP contribution is -2.34. The van der Waals surface area contributed by atoms with Gasteiger partial charge in [-0.1, -0.05) is 6.92 Å². The summed E-state index contributed by atoms with van der Waals surface area (Å²) >= 11 is 0. The first-order chi connectivity index (χ1) is 4.70. The molecule has 4 nitrogen and oxygen atoms in total. The number of likely N-dealkylation sites (N-methyl/N-ethyl adjacent to an activating group) is 1. The molecular weight excluding hydrogens is 132 g/mol. The first-order valence-electron chi connectivity index (χ1n) is 3.12. The van der Waals surface area contributed by atoms with Crippen LogP contribution in [-0.2, 0) is 9.59 Å². The summed E-state index contributed by atoms with van der Waals surface area (Å²) in [6.45, 7) is 3.01. The molecule has 10 heavy (non-hydrogen) atoms. The minimum absolute atomic E-state index is 0.264. The molecule has 0 bridgehead atoms. The van der Waals surface area contributed by atoms with Gasteiger partial charge < -0.3 is 0 Å². The third-order valence-electron chi connectivity index (χ3n) is 1.17. The summed E-state index contributed by atoms with van der Waals surface area (Å²) in [5.41, 5.74) is 0. The van der Waals surface area contributed by atoms with E-state index in [1.807, 2.05) is 19.3 Å². The van der Waals surface area contributed by atoms with Crippen LogP contribution < -0.4 is 5.32 Å². The quantitative estimate of drug-likeness (QED) is 0.526. The van der Waals surface area contributed by atoms with Crippen molar-refractivity contribution in [3.05, 3.63) is 0 Å². The first-order valence-corrected chi connectivity index (χ1v) is 3.12. The SMILES string of the molecule is CCN(C)CC(=O)NC=O. The van der Waals surface area contributed by atoms with Crippen LogP contribution in [-0.4, -0.2) is 37.4 Å². The average Bonchev–Trinajstić information content (AvgIpc) is 1.88. The van der Waals surface area contributed by atoms with Crippen LogP contribution in [0.1, 0.15) is 6.92 Å². The van der Waals surface area contributed by atoms with Crippen LogP contribution in [0.2, 0.25) is 0 Å². The molecule has 0 aliphatic carbocycles. The molecule has 0 radical (unpaired) electrons. The number of carbonyl (C=O) groups excluding carboxylic acids is 2. The molecule has 0 atom stereocenters. The summed E-state index contributed by atoms with van der Waals surface area (Å²) in [6, 6.07) is 0. The number of amides is 2. The first kappa shape index (κ1) is 9.10. The highest BCUT2D eigenvalue weighted by atomic mass is 16.2. The maximum atomic E-state index is 10.6. The van der Waals surface area contributed by atoms with Crippen LogP contribution in [0.4, 0.5) is 0 Å². The smallest absolute Gasteiger partial charge is 0.240 e. The van der Waals surface area contributed by atoms with E-state index in [-0.39, 0.29) is 12.5 Å². The van der Waals surface area contributed by atoms with Gasteiger partial charge >= 0.3 is 0 Å². The Kier molecular flexibility index (Phi) is 4.49. The van der Waals surface area contributed by atoms with Crippen molar-refractivity contribution in [2.45, 2.75) is 6.92 Å². The van der Waals surface area contributed by atoms with E-state index >= 15 is 0 Å². The summed E-state index contributed by atoms with van der Waals surface area (Å²) in [4.78, 5) is 22.2. The Morgan fingerprint density at radius 2 is 2.30 bits per heavy atom. The minimum atomic E-state index is -0.264. The zero-order chi connectivity index (χ0) is 7.98. The lowest BCUT2D eigenvalue weighted by Gasteiger charge is -2.10. The van der Waals surface area contributed by atoms with Crippen molar-refractivity contribution in [2.24, 2.45) is 0 Å². The van der Waals surface area contributed by atoms with Gasteiger partial charge in [0, 0.05) is 0 Å². The Morgan fingerprint density at radius 1 is 1.70 bits per heavy atom. The van der Waals surface area contributed by atoms with Gasteiger partial charge in [-0.05, 0) is 13.6 Å². The highest BCUT2D eigenvalue weighted by Crippen LogP contribution is 1.77. The lowest BCUT2D eigenvalue weighted by molar-refractivity contribution is -0.125. The molecule has 0 heterocycles. The molecule has 58 valence electrons. The van der Waals surface area contributed by atoms with Gasteiger partial charge in [-0.3, -0.25) is 19.8 Å². The molecule has 0 aromatic heterocycles. The molecule has 0 aliphatic rings. The van der Waals surface area contributed by atoms with E-state index in [0.717, 1.165) is 6.54 Å². The number of carbonyl (C=O) groups is 2. The molecule has 2 amide bonds. The molecule has 0 fully saturated rings. The third kappa shape index (κ3) is 4.03. The summed E-state index contributed by atoms with van der Waals surface area (Å²) < 4.78 is 0. The fourth-order valence-corrected chi connectivity index (χ4v) is 0.468. The van der Waals surface area contributed by atoms with Gasteiger partial charge in [-0.25, -0.2) is 0 Å². The lowest BCUT2D eigenvalue weighted by atomic mass is 10.5. The van der Waals surface area contributed by atoms with Crippen LogP contribution in [0.5, 0.6) is 0 Å². The van der Waals surface area contributed by atoms with E-state index in [0.29, 0.717) is 6.41 Å². The van der Waals surface area contributed by atoms with E-state index in [2.05, 4.69) is 0 Å². The van der Waals surface area contributed by atoms with Gasteiger partial charge in [0.05, 0.1) is 6.54 Å². The Morgan fingerprint density at radius 3 is 2.70 bits per heavy atom. The van der Waals surface area contributed by atoms with Crippen molar-refractivity contribution >= 4 is 12.3 Å². The van der Waals surface area contributed by atoms with Crippen molar-refractivity contribution in [1.29, 1.82) is 0 Å². The monoisotopic (exact) mass is 144 g/mol. The van der Waals surface area contributed by atoms with E-state index in [1.54, 1.807) is 4.90 Å². The maximum Gasteiger partial charge on any atom is 0.240 e. The van der Waals surface area contributed by atoms with Crippen molar-refractivity contribution < 1.29 is 9.59 Å². The van der Waals surface area contributed by atoms with Gasteiger partial charge in [0.2, 0.25) is 12.3 Å². The van der Waals surface area contributed by atoms with E-state index in [4.69, 9.17) is 0 Å². The van der Waals surface area contributed by atoms with E-state index in [9.17, 15) is 9.59 Å². The summed E-state index contributed by atoms with van der Waals surface area (Å²) in [6.07, 6.45) is 0.395. The van der Waals surface area contributed by atoms with Crippen molar-refractivity contribution in [2.75, 3.05) is 20.1 Å². The number of nitrogens with one attached hydrogen (secondary N) is 1. The summed E-state index contributed by atoms with van der Waals surface area (Å²) in [5, 5.41) is 2.05. The number of nitrogens with zero attached hydrogens (tertiary/aromatic N) is 1. The van der Waals surface area contributed by atoms with Gasteiger partial charge in [-0.2, -0.15) is 0 Å². The van der Waals surface area contributed by atoms with E-state index in [1.165, 1.54) is 0 Å². The second-order valence-electron chi connectivity index (χ2n) is 2.02. The molecule has 0 aliphatic heterocycles. The molecule has 0 saturated carbocycles. The van der Waals surface area contributed by atoms with Crippen LogP contribution in [0.25, 0.3) is 0 Å². The molecule has 4 heteroatoms. The summed E-state index contributed by atoms with van der Waals surface area (Å²) in [7, 11) is 1.81. The molecule has 1 N–H and O–H groups in total. The minimum Gasteiger partial charge on any atom is -0.298 e. The molecule has 0 aromatic carbocycles. The maximum absolute atomic E-state index is 10.6. The highest BCUT2D eigenvalue weighted by Gasteiger charge is 2.01. The van der Waals surface area contributed by atoms with Crippen LogP contribution in [0.3, 0.4) is 0 Å². The number of rotatable bonds is 4. The average molecular weight is 144 g/mol. The molecule has 0 saturated heterocycles. The molecular formula is C6H12N2O2. The van der Waals surface area contributed by atoms with Gasteiger partial charge in [0.1, 0.15) is 0 Å². The molecule has 0 rings (SSSR count). The van der Waals surface area contributed by atoms with Crippen molar-refractivity contribution in [1.82, 2.24) is 10.2 Å². The molecule has 0 spiro atoms. The molecule has 0 aromatic rings. The van der Waals surface area contributed by atoms with Crippen LogP contribution >= 0.6 is 0 Å². The summed E-state index contributed by atoms with van der Waals surface area (Å²) in [5.74, 6) is -0.264. The van der Waals surface area contributed by atoms with Gasteiger partial charge in [-0.15, -0.1) is 0 Å². The number of imide groups is 1. The third-order valence-corrected chi connectivity index (χ3v) is 1.17. The fraction of sp³-hybridized carbons (Fsp3) is 0.667. The predicted octanol–water partition coefficient (Wildman–Crippen LogP) is -0.789. The van der Waals surface area contributed by atoms with Crippen LogP contribution in [0, 0.1) is 0 Å². The number of hydrogen-bond acceptors (Lipinski definition) is 3. The second-order valence-corrected chi connectivity index (χ2v) is 2.02. The Balaban J connectivity index is 3.46. The van der Waals surface area contributed by atoms with Crippen molar-refractivity contribution in [3.8, 4) is 0 Å². The van der Waals surface area contributed by atoms with Crippen molar-refractivity contribution in [3.63, 3.8) is 0 Å². The topological polar surface area (TPSA) is 49.4 Å². The van der Waals surface area contributed by atoms with Gasteiger partial charge in [0.25, 0.3) is 0 Å². The van der Waals surface area contributed by atoms with Gasteiger partial charge in [0.15, 0.2) is 0 Å². The zero-order valence-corrected chi connectivity index (χ0v) is 6.26. The zero-order valence-electron chi connectivity index (χ0n) is 6.26. The normalized spacial score (nSPS) is 9.50. The highest BCUT2D eigenvalue weighted by molar-refractivity contribution is 5.87. The largest absolute Gasteiger partial charge is 0.298 e. The second kappa shape index (κ2) is 4.93. The fourth-order valence-electron chi connectivity index (χ4n) is 0.468. The van der Waals surface area contributed by atoms with Crippen LogP contribution in [0.15, 0.2) is 0 Å².